The number of carbonyl (C=O) groups is 1. The molecule has 0 saturated heterocycles. The Bertz CT molecular complexity index is 724. The Morgan fingerprint density at radius 1 is 1.33 bits per heavy atom. The van der Waals surface area contributed by atoms with Crippen LogP contribution in [0.2, 0.25) is 0 Å². The third-order valence-electron chi connectivity index (χ3n) is 3.56. The number of hydrogen-bond acceptors (Lipinski definition) is 3. The van der Waals surface area contributed by atoms with E-state index in [2.05, 4.69) is 23.5 Å². The summed E-state index contributed by atoms with van der Waals surface area (Å²) >= 11 is 1.60. The minimum Gasteiger partial charge on any atom is -0.325 e. The quantitative estimate of drug-likeness (QED) is 0.922. The Kier molecular flexibility index (Phi) is 3.68. The molecule has 1 atom stereocenters. The highest BCUT2D eigenvalue weighted by molar-refractivity contribution is 8.01. The van der Waals surface area contributed by atoms with E-state index in [0.29, 0.717) is 5.56 Å². The van der Waals surface area contributed by atoms with E-state index in [-0.39, 0.29) is 11.2 Å². The lowest BCUT2D eigenvalue weighted by Crippen LogP contribution is -2.25. The number of amides is 1. The molecule has 3 nitrogen and oxygen atoms in total. The lowest BCUT2D eigenvalue weighted by molar-refractivity contribution is -0.115. The molecule has 4 heteroatoms. The monoisotopic (exact) mass is 294 g/mol. The normalized spacial score (nSPS) is 16.1. The first-order valence-electron chi connectivity index (χ1n) is 6.73. The zero-order valence-corrected chi connectivity index (χ0v) is 12.4. The second-order valence-corrected chi connectivity index (χ2v) is 6.29. The summed E-state index contributed by atoms with van der Waals surface area (Å²) in [5.41, 5.74) is 3.46. The minimum atomic E-state index is -0.104. The summed E-state index contributed by atoms with van der Waals surface area (Å²) in [5, 5.41) is 11.8. The number of nitrogens with one attached hydrogen (secondary N) is 1. The molecule has 0 saturated carbocycles. The molecule has 104 valence electrons. The Morgan fingerprint density at radius 3 is 2.90 bits per heavy atom. The second-order valence-electron chi connectivity index (χ2n) is 5.05. The van der Waals surface area contributed by atoms with Gasteiger partial charge in [0.15, 0.2) is 0 Å². The molecule has 0 aromatic heterocycles. The molecule has 0 bridgehead atoms. The SMILES string of the molecule is Cc1ccc(C#N)cc1NC(=O)C1Cc2ccccc2S1. The maximum atomic E-state index is 12.4. The minimum absolute atomic E-state index is 0.00519. The predicted octanol–water partition coefficient (Wildman–Crippen LogP) is 3.52. The van der Waals surface area contributed by atoms with Crippen LogP contribution in [0.25, 0.3) is 0 Å². The van der Waals surface area contributed by atoms with Crippen LogP contribution < -0.4 is 5.32 Å². The predicted molar refractivity (Wildman–Crippen MR) is 84.3 cm³/mol. The Balaban J connectivity index is 1.75. The van der Waals surface area contributed by atoms with Crippen molar-refractivity contribution < 1.29 is 4.79 Å². The molecule has 3 rings (SSSR count). The van der Waals surface area contributed by atoms with Crippen LogP contribution >= 0.6 is 11.8 Å². The number of nitriles is 1. The van der Waals surface area contributed by atoms with Crippen LogP contribution in [0.3, 0.4) is 0 Å². The molecule has 1 heterocycles. The second kappa shape index (κ2) is 5.63. The molecule has 1 aliphatic heterocycles. The maximum Gasteiger partial charge on any atom is 0.238 e. The average Bonchev–Trinajstić information content (AvgIpc) is 2.93. The van der Waals surface area contributed by atoms with Crippen LogP contribution in [0.4, 0.5) is 5.69 Å². The molecular weight excluding hydrogens is 280 g/mol. The van der Waals surface area contributed by atoms with Gasteiger partial charge in [-0.25, -0.2) is 0 Å². The summed E-state index contributed by atoms with van der Waals surface area (Å²) < 4.78 is 0. The van der Waals surface area contributed by atoms with Gasteiger partial charge in [0.05, 0.1) is 16.9 Å². The van der Waals surface area contributed by atoms with Crippen molar-refractivity contribution >= 4 is 23.4 Å². The van der Waals surface area contributed by atoms with Gasteiger partial charge in [0.2, 0.25) is 5.91 Å². The van der Waals surface area contributed by atoms with E-state index >= 15 is 0 Å². The zero-order chi connectivity index (χ0) is 14.8. The third-order valence-corrected chi connectivity index (χ3v) is 4.88. The van der Waals surface area contributed by atoms with Gasteiger partial charge in [-0.15, -0.1) is 11.8 Å². The number of hydrogen-bond donors (Lipinski definition) is 1. The van der Waals surface area contributed by atoms with Crippen LogP contribution in [-0.2, 0) is 11.2 Å². The van der Waals surface area contributed by atoms with Crippen LogP contribution in [0.5, 0.6) is 0 Å². The molecule has 1 N–H and O–H groups in total. The lowest BCUT2D eigenvalue weighted by Gasteiger charge is -2.12. The summed E-state index contributed by atoms with van der Waals surface area (Å²) in [7, 11) is 0. The summed E-state index contributed by atoms with van der Waals surface area (Å²) in [6, 6.07) is 15.5. The fourth-order valence-corrected chi connectivity index (χ4v) is 3.56. The van der Waals surface area contributed by atoms with Crippen molar-refractivity contribution in [1.82, 2.24) is 0 Å². The smallest absolute Gasteiger partial charge is 0.238 e. The van der Waals surface area contributed by atoms with Crippen molar-refractivity contribution in [1.29, 1.82) is 5.26 Å². The number of nitrogens with zero attached hydrogens (tertiary/aromatic N) is 1. The first-order chi connectivity index (χ1) is 10.2. The van der Waals surface area contributed by atoms with Crippen LogP contribution in [-0.4, -0.2) is 11.2 Å². The number of thioether (sulfide) groups is 1. The van der Waals surface area contributed by atoms with E-state index in [4.69, 9.17) is 5.26 Å². The van der Waals surface area contributed by atoms with Gasteiger partial charge in [-0.3, -0.25) is 4.79 Å². The van der Waals surface area contributed by atoms with Gasteiger partial charge >= 0.3 is 0 Å². The average molecular weight is 294 g/mol. The van der Waals surface area contributed by atoms with Gasteiger partial charge < -0.3 is 5.32 Å². The van der Waals surface area contributed by atoms with Crippen molar-refractivity contribution in [3.05, 3.63) is 59.2 Å². The van der Waals surface area contributed by atoms with E-state index < -0.39 is 0 Å². The molecule has 0 radical (unpaired) electrons. The molecule has 0 spiro atoms. The molecule has 0 aliphatic carbocycles. The van der Waals surface area contributed by atoms with E-state index in [9.17, 15) is 4.79 Å². The van der Waals surface area contributed by atoms with Crippen molar-refractivity contribution in [3.8, 4) is 6.07 Å². The van der Waals surface area contributed by atoms with Crippen LogP contribution in [0.1, 0.15) is 16.7 Å². The third kappa shape index (κ3) is 2.79. The largest absolute Gasteiger partial charge is 0.325 e. The topological polar surface area (TPSA) is 52.9 Å². The van der Waals surface area contributed by atoms with E-state index in [1.54, 1.807) is 23.9 Å². The van der Waals surface area contributed by atoms with E-state index in [1.807, 2.05) is 25.1 Å². The summed E-state index contributed by atoms with van der Waals surface area (Å²) in [6.45, 7) is 1.92. The van der Waals surface area contributed by atoms with Crippen molar-refractivity contribution in [2.24, 2.45) is 0 Å². The summed E-state index contributed by atoms with van der Waals surface area (Å²) in [6.07, 6.45) is 0.754. The molecule has 2 aromatic carbocycles. The number of anilines is 1. The molecule has 1 aliphatic rings. The van der Waals surface area contributed by atoms with Crippen LogP contribution in [0, 0.1) is 18.3 Å². The van der Waals surface area contributed by atoms with E-state index in [0.717, 1.165) is 17.7 Å². The molecular formula is C17H14N2OS. The van der Waals surface area contributed by atoms with Gasteiger partial charge in [-0.05, 0) is 42.7 Å². The Labute approximate surface area is 128 Å². The Morgan fingerprint density at radius 2 is 2.14 bits per heavy atom. The van der Waals surface area contributed by atoms with Gasteiger partial charge in [0.25, 0.3) is 0 Å². The molecule has 1 unspecified atom stereocenters. The highest BCUT2D eigenvalue weighted by Gasteiger charge is 2.28. The fourth-order valence-electron chi connectivity index (χ4n) is 2.37. The summed E-state index contributed by atoms with van der Waals surface area (Å²) in [5.74, 6) is -0.00519. The summed E-state index contributed by atoms with van der Waals surface area (Å²) in [4.78, 5) is 13.6. The van der Waals surface area contributed by atoms with Crippen molar-refractivity contribution in [2.75, 3.05) is 5.32 Å². The molecule has 1 amide bonds. The number of aryl methyl sites for hydroxylation is 1. The molecule has 2 aromatic rings. The van der Waals surface area contributed by atoms with Gasteiger partial charge in [0.1, 0.15) is 0 Å². The van der Waals surface area contributed by atoms with Gasteiger partial charge in [0, 0.05) is 10.6 Å². The van der Waals surface area contributed by atoms with Gasteiger partial charge in [-0.1, -0.05) is 24.3 Å². The number of rotatable bonds is 2. The lowest BCUT2D eigenvalue weighted by atomic mass is 10.1. The number of fused-ring (bicyclic) bond motifs is 1. The highest BCUT2D eigenvalue weighted by atomic mass is 32.2. The zero-order valence-electron chi connectivity index (χ0n) is 11.6. The van der Waals surface area contributed by atoms with Crippen LogP contribution in [0.15, 0.2) is 47.4 Å². The van der Waals surface area contributed by atoms with Crippen molar-refractivity contribution in [2.45, 2.75) is 23.5 Å². The van der Waals surface area contributed by atoms with Gasteiger partial charge in [-0.2, -0.15) is 5.26 Å². The first kappa shape index (κ1) is 13.7. The number of carbonyl (C=O) groups excluding carboxylic acids is 1. The van der Waals surface area contributed by atoms with E-state index in [1.165, 1.54) is 10.5 Å². The molecule has 21 heavy (non-hydrogen) atoms. The molecule has 0 fully saturated rings. The number of benzene rings is 2. The van der Waals surface area contributed by atoms with Crippen molar-refractivity contribution in [3.63, 3.8) is 0 Å². The Hall–Kier alpha value is -2.25. The maximum absolute atomic E-state index is 12.4. The fraction of sp³-hybridized carbons (Fsp3) is 0.176. The first-order valence-corrected chi connectivity index (χ1v) is 7.61. The highest BCUT2D eigenvalue weighted by Crippen LogP contribution is 2.37. The standard InChI is InChI=1S/C17H14N2OS/c1-11-6-7-12(10-18)8-14(11)19-17(20)16-9-13-4-2-3-5-15(13)21-16/h2-8,16H,9H2,1H3,(H,19,20).